The largest absolute Gasteiger partial charge is 0.458 e. The van der Waals surface area contributed by atoms with Crippen molar-refractivity contribution in [1.29, 1.82) is 0 Å². The Morgan fingerprint density at radius 1 is 1.21 bits per heavy atom. The summed E-state index contributed by atoms with van der Waals surface area (Å²) in [6.07, 6.45) is 10.1. The van der Waals surface area contributed by atoms with E-state index in [4.69, 9.17) is 13.9 Å². The summed E-state index contributed by atoms with van der Waals surface area (Å²) in [7, 11) is 1.76. The minimum atomic E-state index is -0.554. The molecule has 1 atom stereocenters. The first-order valence-corrected chi connectivity index (χ1v) is 16.2. The van der Waals surface area contributed by atoms with E-state index >= 15 is 0 Å². The maximum atomic E-state index is 13.1. The van der Waals surface area contributed by atoms with E-state index in [2.05, 4.69) is 17.2 Å². The molecule has 2 aromatic heterocycles. The minimum Gasteiger partial charge on any atom is -0.458 e. The summed E-state index contributed by atoms with van der Waals surface area (Å²) in [6, 6.07) is 7.78. The molecule has 47 heavy (non-hydrogen) atoms. The van der Waals surface area contributed by atoms with Crippen LogP contribution in [0.2, 0.25) is 0 Å². The molecule has 0 bridgehead atoms. The van der Waals surface area contributed by atoms with Crippen LogP contribution < -0.4 is 10.1 Å². The molecular formula is C37H42N4O6. The van der Waals surface area contributed by atoms with Gasteiger partial charge in [0.1, 0.15) is 22.9 Å². The summed E-state index contributed by atoms with van der Waals surface area (Å²) >= 11 is 0. The van der Waals surface area contributed by atoms with Crippen LogP contribution in [0.5, 0.6) is 5.75 Å². The lowest BCUT2D eigenvalue weighted by atomic mass is 9.92. The first kappa shape index (κ1) is 32.1. The summed E-state index contributed by atoms with van der Waals surface area (Å²) in [5, 5.41) is 3.73. The quantitative estimate of drug-likeness (QED) is 0.282. The number of furan rings is 1. The normalized spacial score (nSPS) is 18.1. The predicted octanol–water partition coefficient (Wildman–Crippen LogP) is 7.28. The third kappa shape index (κ3) is 6.96. The number of amides is 3. The number of ether oxygens (including phenoxy) is 2. The lowest BCUT2D eigenvalue weighted by molar-refractivity contribution is -0.125. The zero-order chi connectivity index (χ0) is 33.5. The van der Waals surface area contributed by atoms with Gasteiger partial charge in [-0.05, 0) is 87.9 Å². The molecule has 1 aliphatic carbocycles. The number of likely N-dealkylation sites (N-methyl/N-ethyl adjacent to an activating group) is 1. The van der Waals surface area contributed by atoms with E-state index in [-0.39, 0.29) is 23.8 Å². The van der Waals surface area contributed by atoms with Crippen LogP contribution in [0, 0.1) is 12.8 Å². The molecule has 246 valence electrons. The third-order valence-corrected chi connectivity index (χ3v) is 8.66. The van der Waals surface area contributed by atoms with Crippen molar-refractivity contribution in [3.63, 3.8) is 0 Å². The Bertz CT molecular complexity index is 1840. The average Bonchev–Trinajstić information content (AvgIpc) is 3.51. The zero-order valence-electron chi connectivity index (χ0n) is 27.9. The van der Waals surface area contributed by atoms with Crippen LogP contribution in [0.1, 0.15) is 75.8 Å². The Balaban J connectivity index is 1.16. The lowest BCUT2D eigenvalue weighted by Crippen LogP contribution is -2.36. The van der Waals surface area contributed by atoms with Gasteiger partial charge in [-0.2, -0.15) is 0 Å². The van der Waals surface area contributed by atoms with Crippen molar-refractivity contribution in [1.82, 2.24) is 14.8 Å². The number of nitrogens with zero attached hydrogens (tertiary/aromatic N) is 3. The van der Waals surface area contributed by atoms with Crippen LogP contribution in [0.25, 0.3) is 17.0 Å². The first-order chi connectivity index (χ1) is 22.4. The van der Waals surface area contributed by atoms with Gasteiger partial charge in [0, 0.05) is 67.8 Å². The molecule has 0 saturated heterocycles. The van der Waals surface area contributed by atoms with Crippen molar-refractivity contribution >= 4 is 40.8 Å². The summed E-state index contributed by atoms with van der Waals surface area (Å²) in [5.41, 5.74) is 4.87. The van der Waals surface area contributed by atoms with Gasteiger partial charge in [-0.1, -0.05) is 19.1 Å². The Kier molecular flexibility index (Phi) is 8.70. The number of hydrogen-bond donors (Lipinski definition) is 1. The standard InChI is InChI=1S/C37H42N4O6/c1-22-17-27(19-25-15-16-41(33(22)25)36(44)47-37(3,4)5)46-30-11-8-10-28-29(23(2)45-34(28)30)21-40(6)32(43)14-13-24-18-26-9-7-12-31(42)39-35(26)38-20-24/h8,10-11,13-14,18-20,22H,7,9,12,15-17,21H2,1-6H3,(H,38,39,42)/b14-13+. The molecule has 1 N–H and O–H groups in total. The highest BCUT2D eigenvalue weighted by atomic mass is 16.6. The van der Waals surface area contributed by atoms with E-state index in [9.17, 15) is 14.4 Å². The Hall–Kier alpha value is -4.86. The molecule has 0 spiro atoms. The van der Waals surface area contributed by atoms with Gasteiger partial charge in [0.2, 0.25) is 11.8 Å². The number of hydrogen-bond acceptors (Lipinski definition) is 7. The molecule has 0 saturated carbocycles. The molecule has 4 heterocycles. The van der Waals surface area contributed by atoms with Crippen molar-refractivity contribution in [2.45, 2.75) is 78.9 Å². The highest BCUT2D eigenvalue weighted by Gasteiger charge is 2.36. The average molecular weight is 639 g/mol. The molecule has 3 amide bonds. The molecule has 3 aromatic rings. The minimum absolute atomic E-state index is 0.0220. The number of carbonyl (C=O) groups is 3. The maximum absolute atomic E-state index is 13.1. The molecule has 0 radical (unpaired) electrons. The van der Waals surface area contributed by atoms with Gasteiger partial charge in [0.15, 0.2) is 11.3 Å². The Morgan fingerprint density at radius 2 is 2.02 bits per heavy atom. The van der Waals surface area contributed by atoms with Crippen LogP contribution >= 0.6 is 0 Å². The summed E-state index contributed by atoms with van der Waals surface area (Å²) < 4.78 is 18.3. The van der Waals surface area contributed by atoms with Gasteiger partial charge in [0.25, 0.3) is 0 Å². The van der Waals surface area contributed by atoms with E-state index in [0.29, 0.717) is 43.1 Å². The first-order valence-electron chi connectivity index (χ1n) is 16.2. The number of carbonyl (C=O) groups excluding carboxylic acids is 3. The number of para-hydroxylation sites is 1. The van der Waals surface area contributed by atoms with Crippen LogP contribution in [0.4, 0.5) is 10.6 Å². The molecule has 10 nitrogen and oxygen atoms in total. The van der Waals surface area contributed by atoms with Crippen LogP contribution in [0.3, 0.4) is 0 Å². The smallest absolute Gasteiger partial charge is 0.414 e. The number of nitrogens with one attached hydrogen (secondary N) is 1. The molecule has 3 aliphatic rings. The van der Waals surface area contributed by atoms with E-state index in [1.807, 2.05) is 58.0 Å². The van der Waals surface area contributed by atoms with Gasteiger partial charge in [-0.25, -0.2) is 9.78 Å². The van der Waals surface area contributed by atoms with Gasteiger partial charge in [-0.15, -0.1) is 0 Å². The molecule has 10 heteroatoms. The highest BCUT2D eigenvalue weighted by Crippen LogP contribution is 2.41. The fourth-order valence-corrected chi connectivity index (χ4v) is 6.46. The fourth-order valence-electron chi connectivity index (χ4n) is 6.46. The number of fused-ring (bicyclic) bond motifs is 2. The van der Waals surface area contributed by atoms with Gasteiger partial charge in [0.05, 0.1) is 0 Å². The van der Waals surface area contributed by atoms with Crippen molar-refractivity contribution < 1.29 is 28.3 Å². The van der Waals surface area contributed by atoms with Crippen molar-refractivity contribution in [2.24, 2.45) is 5.92 Å². The number of allylic oxidation sites excluding steroid dienone is 3. The summed E-state index contributed by atoms with van der Waals surface area (Å²) in [4.78, 5) is 45.6. The number of pyridine rings is 1. The van der Waals surface area contributed by atoms with E-state index in [1.54, 1.807) is 29.1 Å². The number of aryl methyl sites for hydroxylation is 2. The van der Waals surface area contributed by atoms with E-state index < -0.39 is 5.60 Å². The Morgan fingerprint density at radius 3 is 2.81 bits per heavy atom. The maximum Gasteiger partial charge on any atom is 0.414 e. The molecule has 2 aliphatic heterocycles. The van der Waals surface area contributed by atoms with Crippen molar-refractivity contribution in [3.05, 3.63) is 82.1 Å². The summed E-state index contributed by atoms with van der Waals surface area (Å²) in [5.74, 6) is 2.65. The van der Waals surface area contributed by atoms with Crippen LogP contribution in [-0.4, -0.2) is 51.9 Å². The van der Waals surface area contributed by atoms with E-state index in [0.717, 1.165) is 64.1 Å². The lowest BCUT2D eigenvalue weighted by Gasteiger charge is -2.30. The number of aromatic nitrogens is 1. The topological polar surface area (TPSA) is 114 Å². The SMILES string of the molecule is Cc1oc2c(OC3=CC4=C(C(C)C3)N(C(=O)OC(C)(C)C)CC4)cccc2c1CN(C)C(=O)/C=C/c1cnc2c(c1)CCCC(=O)N2. The highest BCUT2D eigenvalue weighted by molar-refractivity contribution is 5.93. The molecule has 6 rings (SSSR count). The van der Waals surface area contributed by atoms with Gasteiger partial charge < -0.3 is 24.1 Å². The van der Waals surface area contributed by atoms with Crippen molar-refractivity contribution in [3.8, 4) is 5.75 Å². The number of anilines is 1. The van der Waals surface area contributed by atoms with Crippen LogP contribution in [0.15, 0.2) is 64.1 Å². The molecule has 1 unspecified atom stereocenters. The Labute approximate surface area is 275 Å². The fraction of sp³-hybridized carbons (Fsp3) is 0.405. The van der Waals surface area contributed by atoms with E-state index in [1.165, 1.54) is 6.08 Å². The second-order valence-electron chi connectivity index (χ2n) is 13.6. The molecular weight excluding hydrogens is 596 g/mol. The molecule has 1 aromatic carbocycles. The van der Waals surface area contributed by atoms with Crippen molar-refractivity contribution in [2.75, 3.05) is 18.9 Å². The number of benzene rings is 1. The second-order valence-corrected chi connectivity index (χ2v) is 13.6. The monoisotopic (exact) mass is 638 g/mol. The summed E-state index contributed by atoms with van der Waals surface area (Å²) in [6.45, 7) is 10.6. The zero-order valence-corrected chi connectivity index (χ0v) is 27.9. The van der Waals surface area contributed by atoms with Crippen LogP contribution in [-0.2, 0) is 27.3 Å². The number of rotatable bonds is 6. The third-order valence-electron chi connectivity index (χ3n) is 8.66. The van der Waals surface area contributed by atoms with Gasteiger partial charge in [-0.3, -0.25) is 14.5 Å². The second kappa shape index (κ2) is 12.7. The molecule has 0 fully saturated rings. The van der Waals surface area contributed by atoms with Gasteiger partial charge >= 0.3 is 6.09 Å². The predicted molar refractivity (Wildman–Crippen MR) is 179 cm³/mol.